The molecule has 3 rings (SSSR count). The molecule has 0 aliphatic carbocycles. The number of carbonyl (C=O) groups excluding carboxylic acids is 2. The van der Waals surface area contributed by atoms with Gasteiger partial charge in [-0.25, -0.2) is 5.43 Å². The first-order valence-electron chi connectivity index (χ1n) is 11.8. The lowest BCUT2D eigenvalue weighted by Gasteiger charge is -2.21. The molecule has 6 nitrogen and oxygen atoms in total. The summed E-state index contributed by atoms with van der Waals surface area (Å²) in [5.41, 5.74) is 7.75. The Balaban J connectivity index is 1.85. The van der Waals surface area contributed by atoms with Crippen LogP contribution in [0.5, 0.6) is 0 Å². The highest BCUT2D eigenvalue weighted by Crippen LogP contribution is 2.17. The fraction of sp³-hybridized carbons (Fsp3) is 0.207. The predicted molar refractivity (Wildman–Crippen MR) is 143 cm³/mol. The molecule has 3 aromatic carbocycles. The van der Waals surface area contributed by atoms with Crippen LogP contribution in [0.15, 0.2) is 89.7 Å². The Hall–Kier alpha value is -4.19. The third kappa shape index (κ3) is 7.14. The Kier molecular flexibility index (Phi) is 8.95. The number of aryl methyl sites for hydroxylation is 1. The molecule has 2 N–H and O–H groups in total. The molecule has 0 aromatic heterocycles. The van der Waals surface area contributed by atoms with Crippen molar-refractivity contribution in [3.63, 3.8) is 0 Å². The van der Waals surface area contributed by atoms with Crippen molar-refractivity contribution in [3.8, 4) is 0 Å². The van der Waals surface area contributed by atoms with Gasteiger partial charge in [0.05, 0.1) is 5.71 Å². The molecule has 0 spiro atoms. The third-order valence-electron chi connectivity index (χ3n) is 5.66. The minimum absolute atomic E-state index is 0.106. The van der Waals surface area contributed by atoms with Crippen LogP contribution in [-0.2, 0) is 4.79 Å². The Morgan fingerprint density at radius 1 is 0.857 bits per heavy atom. The minimum Gasteiger partial charge on any atom is -0.372 e. The summed E-state index contributed by atoms with van der Waals surface area (Å²) in [6.07, 6.45) is 1.65. The van der Waals surface area contributed by atoms with Gasteiger partial charge in [-0.3, -0.25) is 9.59 Å². The first-order valence-corrected chi connectivity index (χ1v) is 11.8. The maximum Gasteiger partial charge on any atom is 0.287 e. The van der Waals surface area contributed by atoms with E-state index in [0.717, 1.165) is 35.5 Å². The van der Waals surface area contributed by atoms with E-state index in [1.165, 1.54) is 0 Å². The van der Waals surface area contributed by atoms with Crippen LogP contribution in [0.3, 0.4) is 0 Å². The fourth-order valence-corrected chi connectivity index (χ4v) is 3.53. The van der Waals surface area contributed by atoms with Crippen molar-refractivity contribution in [2.45, 2.75) is 27.7 Å². The van der Waals surface area contributed by atoms with Gasteiger partial charge in [0.1, 0.15) is 5.70 Å². The first kappa shape index (κ1) is 25.4. The molecule has 35 heavy (non-hydrogen) atoms. The highest BCUT2D eigenvalue weighted by molar-refractivity contribution is 6.06. The zero-order chi connectivity index (χ0) is 25.2. The van der Waals surface area contributed by atoms with E-state index in [-0.39, 0.29) is 11.6 Å². The van der Waals surface area contributed by atoms with Gasteiger partial charge in [-0.1, -0.05) is 60.2 Å². The van der Waals surface area contributed by atoms with E-state index in [4.69, 9.17) is 0 Å². The van der Waals surface area contributed by atoms with E-state index >= 15 is 0 Å². The van der Waals surface area contributed by atoms with Gasteiger partial charge in [0, 0.05) is 24.3 Å². The number of rotatable bonds is 9. The monoisotopic (exact) mass is 468 g/mol. The lowest BCUT2D eigenvalue weighted by Crippen LogP contribution is -2.33. The molecule has 0 unspecified atom stereocenters. The molecule has 0 atom stereocenters. The molecule has 3 aromatic rings. The summed E-state index contributed by atoms with van der Waals surface area (Å²) < 4.78 is 0. The zero-order valence-electron chi connectivity index (χ0n) is 20.7. The molecular formula is C29H32N4O2. The van der Waals surface area contributed by atoms with Gasteiger partial charge in [0.15, 0.2) is 0 Å². The SMILES string of the molecule is CCN(CC)c1ccc(/C=C(/NC(=O)c2ccccc2)C(=O)N/N=C(/C)c2ccc(C)cc2)cc1. The van der Waals surface area contributed by atoms with Gasteiger partial charge in [-0.15, -0.1) is 0 Å². The van der Waals surface area contributed by atoms with Crippen molar-refractivity contribution in [2.24, 2.45) is 5.10 Å². The van der Waals surface area contributed by atoms with Crippen LogP contribution < -0.4 is 15.6 Å². The zero-order valence-corrected chi connectivity index (χ0v) is 20.7. The summed E-state index contributed by atoms with van der Waals surface area (Å²) in [5.74, 6) is -0.875. The highest BCUT2D eigenvalue weighted by atomic mass is 16.2. The van der Waals surface area contributed by atoms with E-state index in [0.29, 0.717) is 11.3 Å². The van der Waals surface area contributed by atoms with E-state index in [1.807, 2.05) is 68.4 Å². The largest absolute Gasteiger partial charge is 0.372 e. The van der Waals surface area contributed by atoms with Crippen LogP contribution in [0.1, 0.15) is 47.8 Å². The normalized spacial score (nSPS) is 11.7. The maximum absolute atomic E-state index is 13.1. The van der Waals surface area contributed by atoms with E-state index in [1.54, 1.807) is 30.3 Å². The topological polar surface area (TPSA) is 73.8 Å². The summed E-state index contributed by atoms with van der Waals surface area (Å²) in [4.78, 5) is 28.1. The van der Waals surface area contributed by atoms with Crippen LogP contribution in [0.25, 0.3) is 6.08 Å². The van der Waals surface area contributed by atoms with Crippen molar-refractivity contribution < 1.29 is 9.59 Å². The van der Waals surface area contributed by atoms with Crippen molar-refractivity contribution in [3.05, 3.63) is 107 Å². The number of nitrogens with zero attached hydrogens (tertiary/aromatic N) is 2. The average molecular weight is 469 g/mol. The van der Waals surface area contributed by atoms with Crippen molar-refractivity contribution in [2.75, 3.05) is 18.0 Å². The minimum atomic E-state index is -0.506. The highest BCUT2D eigenvalue weighted by Gasteiger charge is 2.15. The molecule has 6 heteroatoms. The second-order valence-electron chi connectivity index (χ2n) is 8.15. The lowest BCUT2D eigenvalue weighted by molar-refractivity contribution is -0.117. The number of hydrogen-bond acceptors (Lipinski definition) is 4. The number of amides is 2. The number of nitrogens with one attached hydrogen (secondary N) is 2. The van der Waals surface area contributed by atoms with Crippen LogP contribution in [-0.4, -0.2) is 30.6 Å². The standard InChI is InChI=1S/C29H32N4O2/c1-5-33(6-2)26-18-14-23(15-19-26)20-27(30-28(34)25-10-8-7-9-11-25)29(35)32-31-22(4)24-16-12-21(3)13-17-24/h7-20H,5-6H2,1-4H3,(H,30,34)(H,32,35)/b27-20+,31-22-. The van der Waals surface area contributed by atoms with E-state index in [9.17, 15) is 9.59 Å². The van der Waals surface area contributed by atoms with E-state index in [2.05, 4.69) is 34.6 Å². The summed E-state index contributed by atoms with van der Waals surface area (Å²) in [5, 5.41) is 6.99. The summed E-state index contributed by atoms with van der Waals surface area (Å²) in [7, 11) is 0. The van der Waals surface area contributed by atoms with Gasteiger partial charge < -0.3 is 10.2 Å². The second-order valence-corrected chi connectivity index (χ2v) is 8.15. The summed E-state index contributed by atoms with van der Waals surface area (Å²) in [6, 6.07) is 24.5. The number of benzene rings is 3. The van der Waals surface area contributed by atoms with Crippen molar-refractivity contribution in [1.82, 2.24) is 10.7 Å². The molecule has 180 valence electrons. The first-order chi connectivity index (χ1) is 16.9. The molecule has 0 saturated carbocycles. The van der Waals surface area contributed by atoms with Gasteiger partial charge in [-0.2, -0.15) is 5.10 Å². The van der Waals surface area contributed by atoms with E-state index < -0.39 is 5.91 Å². The van der Waals surface area contributed by atoms with Crippen molar-refractivity contribution in [1.29, 1.82) is 0 Å². The molecule has 2 amide bonds. The third-order valence-corrected chi connectivity index (χ3v) is 5.66. The maximum atomic E-state index is 13.1. The molecule has 0 radical (unpaired) electrons. The molecular weight excluding hydrogens is 436 g/mol. The van der Waals surface area contributed by atoms with Crippen LogP contribution in [0.4, 0.5) is 5.69 Å². The molecule has 0 bridgehead atoms. The molecule has 0 fully saturated rings. The Bertz CT molecular complexity index is 1190. The van der Waals surface area contributed by atoms with Gasteiger partial charge in [-0.05, 0) is 69.2 Å². The Morgan fingerprint density at radius 2 is 1.49 bits per heavy atom. The van der Waals surface area contributed by atoms with Gasteiger partial charge in [0.25, 0.3) is 11.8 Å². The number of anilines is 1. The van der Waals surface area contributed by atoms with Crippen LogP contribution in [0, 0.1) is 6.92 Å². The molecule has 0 saturated heterocycles. The quantitative estimate of drug-likeness (QED) is 0.259. The summed E-state index contributed by atoms with van der Waals surface area (Å²) >= 11 is 0. The molecule has 0 heterocycles. The second kappa shape index (κ2) is 12.3. The van der Waals surface area contributed by atoms with Gasteiger partial charge in [0.2, 0.25) is 0 Å². The summed E-state index contributed by atoms with van der Waals surface area (Å²) in [6.45, 7) is 9.87. The number of hydrazone groups is 1. The fourth-order valence-electron chi connectivity index (χ4n) is 3.53. The Morgan fingerprint density at radius 3 is 2.09 bits per heavy atom. The molecule has 0 aliphatic heterocycles. The Labute approximate surface area is 207 Å². The molecule has 0 aliphatic rings. The van der Waals surface area contributed by atoms with Crippen LogP contribution >= 0.6 is 0 Å². The lowest BCUT2D eigenvalue weighted by atomic mass is 10.1. The smallest absolute Gasteiger partial charge is 0.287 e. The number of carbonyl (C=O) groups is 2. The average Bonchev–Trinajstić information content (AvgIpc) is 2.89. The van der Waals surface area contributed by atoms with Gasteiger partial charge >= 0.3 is 0 Å². The number of hydrogen-bond donors (Lipinski definition) is 2. The predicted octanol–water partition coefficient (Wildman–Crippen LogP) is 5.15. The van der Waals surface area contributed by atoms with Crippen molar-refractivity contribution >= 4 is 29.3 Å². The van der Waals surface area contributed by atoms with Crippen LogP contribution in [0.2, 0.25) is 0 Å².